The minimum atomic E-state index is -0.890. The van der Waals surface area contributed by atoms with E-state index >= 15 is 0 Å². The third-order valence-electron chi connectivity index (χ3n) is 3.28. The molecular weight excluding hydrogens is 282 g/mol. The zero-order valence-electron chi connectivity index (χ0n) is 12.9. The number of hydrogen-bond donors (Lipinski definition) is 1. The van der Waals surface area contributed by atoms with E-state index in [-0.39, 0.29) is 0 Å². The number of nitrogens with zero attached hydrogens (tertiary/aromatic N) is 3. The third-order valence-corrected chi connectivity index (χ3v) is 3.28. The number of carboxylic acid groups (broad SMARTS) is 1. The van der Waals surface area contributed by atoms with Gasteiger partial charge in [0, 0.05) is 5.56 Å². The molecule has 0 bridgehead atoms. The van der Waals surface area contributed by atoms with E-state index in [0.717, 1.165) is 24.2 Å². The molecule has 1 atom stereocenters. The van der Waals surface area contributed by atoms with Crippen LogP contribution in [-0.2, 0) is 4.79 Å². The second kappa shape index (κ2) is 7.59. The Morgan fingerprint density at radius 3 is 2.86 bits per heavy atom. The van der Waals surface area contributed by atoms with E-state index in [0.29, 0.717) is 18.7 Å². The van der Waals surface area contributed by atoms with Gasteiger partial charge in [-0.3, -0.25) is 0 Å². The van der Waals surface area contributed by atoms with Gasteiger partial charge in [-0.05, 0) is 25.0 Å². The van der Waals surface area contributed by atoms with Gasteiger partial charge in [0.2, 0.25) is 0 Å². The standard InChI is InChI=1S/C16H21N3O3/c1-3-6-15(16(20)21)19-11-14(17-18-19)12-7-5-8-13(10-12)22-9-4-2/h5,7-8,10-11,15H,3-4,6,9H2,1-2H3,(H,20,21). The Labute approximate surface area is 129 Å². The van der Waals surface area contributed by atoms with Crippen molar-refractivity contribution in [3.63, 3.8) is 0 Å². The molecule has 0 amide bonds. The van der Waals surface area contributed by atoms with E-state index in [4.69, 9.17) is 4.74 Å². The highest BCUT2D eigenvalue weighted by molar-refractivity contribution is 5.72. The molecule has 0 aliphatic heterocycles. The average Bonchev–Trinajstić information content (AvgIpc) is 3.00. The van der Waals surface area contributed by atoms with Crippen LogP contribution in [0.2, 0.25) is 0 Å². The first-order valence-electron chi connectivity index (χ1n) is 7.53. The summed E-state index contributed by atoms with van der Waals surface area (Å²) in [6, 6.07) is 6.90. The summed E-state index contributed by atoms with van der Waals surface area (Å²) in [5.41, 5.74) is 1.50. The fourth-order valence-corrected chi connectivity index (χ4v) is 2.17. The summed E-state index contributed by atoms with van der Waals surface area (Å²) >= 11 is 0. The van der Waals surface area contributed by atoms with Crippen molar-refractivity contribution in [1.82, 2.24) is 15.0 Å². The number of carbonyl (C=O) groups is 1. The van der Waals surface area contributed by atoms with Gasteiger partial charge in [0.05, 0.1) is 12.8 Å². The van der Waals surface area contributed by atoms with Crippen molar-refractivity contribution in [2.75, 3.05) is 6.61 Å². The van der Waals surface area contributed by atoms with E-state index in [2.05, 4.69) is 17.2 Å². The Kier molecular flexibility index (Phi) is 5.52. The molecular formula is C16H21N3O3. The molecule has 2 aromatic rings. The Hall–Kier alpha value is -2.37. The second-order valence-electron chi connectivity index (χ2n) is 5.10. The number of benzene rings is 1. The lowest BCUT2D eigenvalue weighted by molar-refractivity contribution is -0.141. The molecule has 0 fully saturated rings. The molecule has 0 saturated heterocycles. The van der Waals surface area contributed by atoms with E-state index in [9.17, 15) is 9.90 Å². The molecule has 0 spiro atoms. The maximum absolute atomic E-state index is 11.3. The maximum Gasteiger partial charge on any atom is 0.328 e. The van der Waals surface area contributed by atoms with Crippen molar-refractivity contribution < 1.29 is 14.6 Å². The van der Waals surface area contributed by atoms with Crippen LogP contribution >= 0.6 is 0 Å². The first kappa shape index (κ1) is 16.0. The van der Waals surface area contributed by atoms with Crippen molar-refractivity contribution in [2.45, 2.75) is 39.2 Å². The molecule has 1 aromatic carbocycles. The molecule has 0 radical (unpaired) electrons. The molecule has 0 aliphatic rings. The lowest BCUT2D eigenvalue weighted by Crippen LogP contribution is -2.19. The van der Waals surface area contributed by atoms with Crippen molar-refractivity contribution in [3.8, 4) is 17.0 Å². The molecule has 22 heavy (non-hydrogen) atoms. The largest absolute Gasteiger partial charge is 0.494 e. The number of hydrogen-bond acceptors (Lipinski definition) is 4. The Bertz CT molecular complexity index is 625. The minimum absolute atomic E-state index is 0.526. The lowest BCUT2D eigenvalue weighted by Gasteiger charge is -2.10. The normalized spacial score (nSPS) is 12.1. The number of aliphatic carboxylic acids is 1. The molecule has 1 aromatic heterocycles. The van der Waals surface area contributed by atoms with Crippen molar-refractivity contribution in [1.29, 1.82) is 0 Å². The Morgan fingerprint density at radius 1 is 1.36 bits per heavy atom. The van der Waals surface area contributed by atoms with Gasteiger partial charge in [0.25, 0.3) is 0 Å². The summed E-state index contributed by atoms with van der Waals surface area (Å²) in [7, 11) is 0. The zero-order chi connectivity index (χ0) is 15.9. The van der Waals surface area contributed by atoms with Crippen LogP contribution < -0.4 is 4.74 Å². The number of ether oxygens (including phenoxy) is 1. The van der Waals surface area contributed by atoms with Gasteiger partial charge < -0.3 is 9.84 Å². The summed E-state index contributed by atoms with van der Waals surface area (Å²) in [5, 5.41) is 17.3. The highest BCUT2D eigenvalue weighted by atomic mass is 16.5. The molecule has 1 heterocycles. The van der Waals surface area contributed by atoms with E-state index in [1.165, 1.54) is 4.68 Å². The fraction of sp³-hybridized carbons (Fsp3) is 0.438. The van der Waals surface area contributed by atoms with Crippen LogP contribution in [0.4, 0.5) is 0 Å². The van der Waals surface area contributed by atoms with E-state index in [1.54, 1.807) is 6.20 Å². The molecule has 6 heteroatoms. The van der Waals surface area contributed by atoms with Crippen LogP contribution in [0, 0.1) is 0 Å². The van der Waals surface area contributed by atoms with E-state index < -0.39 is 12.0 Å². The Balaban J connectivity index is 2.21. The van der Waals surface area contributed by atoms with Crippen molar-refractivity contribution in [3.05, 3.63) is 30.5 Å². The van der Waals surface area contributed by atoms with Gasteiger partial charge >= 0.3 is 5.97 Å². The fourth-order valence-electron chi connectivity index (χ4n) is 2.17. The second-order valence-corrected chi connectivity index (χ2v) is 5.10. The predicted octanol–water partition coefficient (Wildman–Crippen LogP) is 3.16. The summed E-state index contributed by atoms with van der Waals surface area (Å²) in [6.45, 7) is 4.66. The monoisotopic (exact) mass is 303 g/mol. The van der Waals surface area contributed by atoms with Gasteiger partial charge in [-0.15, -0.1) is 5.10 Å². The average molecular weight is 303 g/mol. The number of carboxylic acids is 1. The first-order valence-corrected chi connectivity index (χ1v) is 7.53. The van der Waals surface area contributed by atoms with E-state index in [1.807, 2.05) is 31.2 Å². The third kappa shape index (κ3) is 3.84. The zero-order valence-corrected chi connectivity index (χ0v) is 12.9. The van der Waals surface area contributed by atoms with Crippen LogP contribution in [-0.4, -0.2) is 32.7 Å². The SMILES string of the molecule is CCCOc1cccc(-c2cn(C(CCC)C(=O)O)nn2)c1. The van der Waals surface area contributed by atoms with Gasteiger partial charge in [-0.2, -0.15) is 0 Å². The first-order chi connectivity index (χ1) is 10.7. The topological polar surface area (TPSA) is 77.2 Å². The molecule has 0 aliphatic carbocycles. The maximum atomic E-state index is 11.3. The number of rotatable bonds is 8. The molecule has 1 N–H and O–H groups in total. The highest BCUT2D eigenvalue weighted by Crippen LogP contribution is 2.23. The number of aromatic nitrogens is 3. The predicted molar refractivity (Wildman–Crippen MR) is 82.8 cm³/mol. The summed E-state index contributed by atoms with van der Waals surface area (Å²) < 4.78 is 7.02. The van der Waals surface area contributed by atoms with Crippen LogP contribution in [0.25, 0.3) is 11.3 Å². The van der Waals surface area contributed by atoms with Gasteiger partial charge in [0.15, 0.2) is 6.04 Å². The molecule has 6 nitrogen and oxygen atoms in total. The molecule has 2 rings (SSSR count). The Morgan fingerprint density at radius 2 is 2.18 bits per heavy atom. The summed E-state index contributed by atoms with van der Waals surface area (Å²) in [6.07, 6.45) is 3.91. The molecule has 0 saturated carbocycles. The molecule has 1 unspecified atom stereocenters. The van der Waals surface area contributed by atoms with Crippen LogP contribution in [0.15, 0.2) is 30.5 Å². The summed E-state index contributed by atoms with van der Waals surface area (Å²) in [4.78, 5) is 11.3. The van der Waals surface area contributed by atoms with Crippen molar-refractivity contribution >= 4 is 5.97 Å². The minimum Gasteiger partial charge on any atom is -0.494 e. The quantitative estimate of drug-likeness (QED) is 0.810. The van der Waals surface area contributed by atoms with Crippen LogP contribution in [0.3, 0.4) is 0 Å². The lowest BCUT2D eigenvalue weighted by atomic mass is 10.1. The summed E-state index contributed by atoms with van der Waals surface area (Å²) in [5.74, 6) is -0.115. The van der Waals surface area contributed by atoms with Gasteiger partial charge in [-0.25, -0.2) is 9.48 Å². The van der Waals surface area contributed by atoms with Gasteiger partial charge in [0.1, 0.15) is 11.4 Å². The molecule has 118 valence electrons. The highest BCUT2D eigenvalue weighted by Gasteiger charge is 2.20. The van der Waals surface area contributed by atoms with Crippen LogP contribution in [0.1, 0.15) is 39.2 Å². The van der Waals surface area contributed by atoms with Crippen molar-refractivity contribution in [2.24, 2.45) is 0 Å². The van der Waals surface area contributed by atoms with Crippen LogP contribution in [0.5, 0.6) is 5.75 Å². The van der Waals surface area contributed by atoms with Gasteiger partial charge in [-0.1, -0.05) is 37.6 Å². The smallest absolute Gasteiger partial charge is 0.328 e.